The van der Waals surface area contributed by atoms with Crippen LogP contribution in [0.25, 0.3) is 0 Å². The summed E-state index contributed by atoms with van der Waals surface area (Å²) in [5, 5.41) is 3.63. The quantitative estimate of drug-likeness (QED) is 0.883. The summed E-state index contributed by atoms with van der Waals surface area (Å²) >= 11 is 0. The predicted molar refractivity (Wildman–Crippen MR) is 92.6 cm³/mol. The number of hydrogen-bond acceptors (Lipinski definition) is 5. The second-order valence-corrected chi connectivity index (χ2v) is 6.50. The van der Waals surface area contributed by atoms with Crippen LogP contribution in [0.15, 0.2) is 18.6 Å². The number of hydrogen-bond donors (Lipinski definition) is 1. The van der Waals surface area contributed by atoms with Gasteiger partial charge in [-0.25, -0.2) is 15.0 Å². The molecule has 3 atom stereocenters. The van der Waals surface area contributed by atoms with Gasteiger partial charge in [0.25, 0.3) is 0 Å². The lowest BCUT2D eigenvalue weighted by Crippen LogP contribution is -2.29. The SMILES string of the molecule is CCn1ccnc1[C@@H]1OCC[C@H]1CNC(C)c1cnc(C)nc1C. The standard InChI is InChI=1S/C18H27N5O/c1-5-23-8-7-19-18(23)17-15(6-9-24-17)10-20-12(2)16-11-21-14(4)22-13(16)3/h7-8,11-12,15,17,20H,5-6,9-10H2,1-4H3/t12?,15-,17+/m0/s1. The molecular formula is C18H27N5O. The zero-order chi connectivity index (χ0) is 17.1. The van der Waals surface area contributed by atoms with Crippen LogP contribution in [0.2, 0.25) is 0 Å². The van der Waals surface area contributed by atoms with Gasteiger partial charge in [-0.15, -0.1) is 0 Å². The molecule has 6 heteroatoms. The van der Waals surface area contributed by atoms with Crippen LogP contribution in [0.1, 0.15) is 55.3 Å². The van der Waals surface area contributed by atoms with E-state index in [1.165, 1.54) is 0 Å². The molecule has 0 radical (unpaired) electrons. The van der Waals surface area contributed by atoms with Crippen molar-refractivity contribution in [2.45, 2.75) is 52.8 Å². The molecule has 1 N–H and O–H groups in total. The maximum absolute atomic E-state index is 5.98. The van der Waals surface area contributed by atoms with Gasteiger partial charge in [0.1, 0.15) is 17.8 Å². The van der Waals surface area contributed by atoms with Crippen molar-refractivity contribution in [3.05, 3.63) is 41.5 Å². The van der Waals surface area contributed by atoms with Crippen LogP contribution in [-0.4, -0.2) is 32.7 Å². The molecule has 1 fully saturated rings. The van der Waals surface area contributed by atoms with Crippen molar-refractivity contribution < 1.29 is 4.74 Å². The monoisotopic (exact) mass is 329 g/mol. The topological polar surface area (TPSA) is 64.9 Å². The Hall–Kier alpha value is -1.79. The first-order valence-corrected chi connectivity index (χ1v) is 8.76. The summed E-state index contributed by atoms with van der Waals surface area (Å²) < 4.78 is 8.15. The molecule has 0 aromatic carbocycles. The zero-order valence-electron chi connectivity index (χ0n) is 15.0. The van der Waals surface area contributed by atoms with Gasteiger partial charge < -0.3 is 14.6 Å². The Morgan fingerprint density at radius 1 is 1.38 bits per heavy atom. The number of aryl methyl sites for hydroxylation is 3. The van der Waals surface area contributed by atoms with Crippen LogP contribution in [0.5, 0.6) is 0 Å². The number of rotatable bonds is 6. The van der Waals surface area contributed by atoms with E-state index >= 15 is 0 Å². The first kappa shape index (κ1) is 17.0. The molecule has 0 saturated carbocycles. The number of aromatic nitrogens is 4. The molecule has 130 valence electrons. The van der Waals surface area contributed by atoms with Crippen molar-refractivity contribution in [2.24, 2.45) is 5.92 Å². The molecule has 6 nitrogen and oxygen atoms in total. The molecule has 2 aromatic heterocycles. The Kier molecular flexibility index (Phi) is 5.26. The molecule has 0 bridgehead atoms. The van der Waals surface area contributed by atoms with E-state index < -0.39 is 0 Å². The van der Waals surface area contributed by atoms with E-state index in [2.05, 4.69) is 38.7 Å². The summed E-state index contributed by atoms with van der Waals surface area (Å²) in [6.07, 6.45) is 6.96. The molecule has 1 aliphatic rings. The largest absolute Gasteiger partial charge is 0.370 e. The highest BCUT2D eigenvalue weighted by Crippen LogP contribution is 2.33. The average Bonchev–Trinajstić information content (AvgIpc) is 3.20. The summed E-state index contributed by atoms with van der Waals surface area (Å²) in [5.74, 6) is 2.30. The smallest absolute Gasteiger partial charge is 0.138 e. The minimum Gasteiger partial charge on any atom is -0.370 e. The van der Waals surface area contributed by atoms with Gasteiger partial charge in [0.2, 0.25) is 0 Å². The number of nitrogens with one attached hydrogen (secondary N) is 1. The van der Waals surface area contributed by atoms with Gasteiger partial charge in [0.15, 0.2) is 0 Å². The summed E-state index contributed by atoms with van der Waals surface area (Å²) in [6.45, 7) is 10.9. The summed E-state index contributed by atoms with van der Waals surface area (Å²) in [4.78, 5) is 13.3. The molecule has 1 saturated heterocycles. The van der Waals surface area contributed by atoms with E-state index in [1.54, 1.807) is 0 Å². The highest BCUT2D eigenvalue weighted by molar-refractivity contribution is 5.19. The van der Waals surface area contributed by atoms with Gasteiger partial charge >= 0.3 is 0 Å². The van der Waals surface area contributed by atoms with Crippen molar-refractivity contribution in [2.75, 3.05) is 13.2 Å². The van der Waals surface area contributed by atoms with E-state index in [9.17, 15) is 0 Å². The lowest BCUT2D eigenvalue weighted by Gasteiger charge is -2.22. The van der Waals surface area contributed by atoms with Gasteiger partial charge in [-0.1, -0.05) is 0 Å². The van der Waals surface area contributed by atoms with Crippen LogP contribution in [-0.2, 0) is 11.3 Å². The summed E-state index contributed by atoms with van der Waals surface area (Å²) in [7, 11) is 0. The molecule has 0 spiro atoms. The third-order valence-corrected chi connectivity index (χ3v) is 4.85. The minimum absolute atomic E-state index is 0.0787. The Balaban J connectivity index is 1.65. The van der Waals surface area contributed by atoms with Crippen LogP contribution in [0.4, 0.5) is 0 Å². The van der Waals surface area contributed by atoms with Gasteiger partial charge in [-0.2, -0.15) is 0 Å². The molecule has 2 aromatic rings. The molecule has 1 aliphatic heterocycles. The fraction of sp³-hybridized carbons (Fsp3) is 0.611. The van der Waals surface area contributed by atoms with Crippen LogP contribution in [0.3, 0.4) is 0 Å². The van der Waals surface area contributed by atoms with Crippen molar-refractivity contribution in [1.82, 2.24) is 24.8 Å². The van der Waals surface area contributed by atoms with Crippen LogP contribution < -0.4 is 5.32 Å². The van der Waals surface area contributed by atoms with Crippen molar-refractivity contribution in [1.29, 1.82) is 0 Å². The highest BCUT2D eigenvalue weighted by atomic mass is 16.5. The first-order valence-electron chi connectivity index (χ1n) is 8.76. The molecule has 0 aliphatic carbocycles. The normalized spacial score (nSPS) is 22.0. The summed E-state index contributed by atoms with van der Waals surface area (Å²) in [6, 6.07) is 0.220. The Labute approximate surface area is 143 Å². The second-order valence-electron chi connectivity index (χ2n) is 6.50. The Bertz CT molecular complexity index is 684. The van der Waals surface area contributed by atoms with E-state index in [1.807, 2.05) is 32.4 Å². The van der Waals surface area contributed by atoms with Gasteiger partial charge in [-0.3, -0.25) is 0 Å². The third kappa shape index (κ3) is 3.49. The third-order valence-electron chi connectivity index (χ3n) is 4.85. The van der Waals surface area contributed by atoms with E-state index in [4.69, 9.17) is 4.74 Å². The fourth-order valence-electron chi connectivity index (χ4n) is 3.43. The maximum Gasteiger partial charge on any atom is 0.138 e. The van der Waals surface area contributed by atoms with Gasteiger partial charge in [0, 0.05) is 61.5 Å². The molecule has 1 unspecified atom stereocenters. The Morgan fingerprint density at radius 2 is 2.21 bits per heavy atom. The molecule has 0 amide bonds. The molecule has 24 heavy (non-hydrogen) atoms. The molecule has 3 rings (SSSR count). The lowest BCUT2D eigenvalue weighted by molar-refractivity contribution is 0.0799. The first-order chi connectivity index (χ1) is 11.6. The van der Waals surface area contributed by atoms with E-state index in [0.717, 1.165) is 49.0 Å². The lowest BCUT2D eigenvalue weighted by atomic mass is 9.99. The Morgan fingerprint density at radius 3 is 2.96 bits per heavy atom. The van der Waals surface area contributed by atoms with Crippen molar-refractivity contribution in [3.8, 4) is 0 Å². The van der Waals surface area contributed by atoms with Crippen LogP contribution >= 0.6 is 0 Å². The number of imidazole rings is 1. The van der Waals surface area contributed by atoms with Crippen molar-refractivity contribution in [3.63, 3.8) is 0 Å². The molecule has 3 heterocycles. The minimum atomic E-state index is 0.0787. The second kappa shape index (κ2) is 7.40. The highest BCUT2D eigenvalue weighted by Gasteiger charge is 2.32. The fourth-order valence-corrected chi connectivity index (χ4v) is 3.43. The van der Waals surface area contributed by atoms with Gasteiger partial charge in [0.05, 0.1) is 0 Å². The zero-order valence-corrected chi connectivity index (χ0v) is 15.0. The molecular weight excluding hydrogens is 302 g/mol. The maximum atomic E-state index is 5.98. The summed E-state index contributed by atoms with van der Waals surface area (Å²) in [5.41, 5.74) is 2.20. The van der Waals surface area contributed by atoms with Crippen LogP contribution in [0, 0.1) is 19.8 Å². The average molecular weight is 329 g/mol. The van der Waals surface area contributed by atoms with E-state index in [-0.39, 0.29) is 12.1 Å². The number of ether oxygens (including phenoxy) is 1. The van der Waals surface area contributed by atoms with Crippen molar-refractivity contribution >= 4 is 0 Å². The van der Waals surface area contributed by atoms with E-state index in [0.29, 0.717) is 5.92 Å². The number of nitrogens with zero attached hydrogens (tertiary/aromatic N) is 4. The predicted octanol–water partition coefficient (Wildman–Crippen LogP) is 2.74. The van der Waals surface area contributed by atoms with Gasteiger partial charge in [-0.05, 0) is 34.1 Å².